The molecular formula is C13H15ClF3IN4S2. The van der Waals surface area contributed by atoms with Crippen LogP contribution in [0.25, 0.3) is 0 Å². The molecule has 11 heteroatoms. The maximum Gasteiger partial charge on any atom is 0.434 e. The topological polar surface area (TPSA) is 49.3 Å². The van der Waals surface area contributed by atoms with Gasteiger partial charge in [0.25, 0.3) is 0 Å². The Morgan fingerprint density at radius 2 is 2.08 bits per heavy atom. The average Bonchev–Trinajstić information content (AvgIpc) is 3.11. The first-order valence-corrected chi connectivity index (χ1v) is 8.66. The molecular weight excluding hydrogens is 496 g/mol. The van der Waals surface area contributed by atoms with Gasteiger partial charge in [-0.2, -0.15) is 13.2 Å². The van der Waals surface area contributed by atoms with Gasteiger partial charge in [0.15, 0.2) is 11.7 Å². The van der Waals surface area contributed by atoms with Gasteiger partial charge in [-0.3, -0.25) is 4.99 Å². The van der Waals surface area contributed by atoms with E-state index < -0.39 is 11.9 Å². The number of nitrogens with one attached hydrogen (secondary N) is 2. The number of halogens is 5. The average molecular weight is 511 g/mol. The third-order valence-electron chi connectivity index (χ3n) is 2.77. The first kappa shape index (κ1) is 21.5. The Balaban J connectivity index is 0.00000288. The molecule has 4 nitrogen and oxygen atoms in total. The number of hydrogen-bond acceptors (Lipinski definition) is 4. The van der Waals surface area contributed by atoms with Crippen LogP contribution in [0, 0.1) is 0 Å². The van der Waals surface area contributed by atoms with Crippen LogP contribution >= 0.6 is 58.3 Å². The van der Waals surface area contributed by atoms with Crippen molar-refractivity contribution in [3.8, 4) is 0 Å². The van der Waals surface area contributed by atoms with Crippen LogP contribution in [-0.2, 0) is 19.1 Å². The number of nitrogens with zero attached hydrogens (tertiary/aromatic N) is 2. The van der Waals surface area contributed by atoms with Gasteiger partial charge in [-0.15, -0.1) is 46.7 Å². The minimum absolute atomic E-state index is 0. The summed E-state index contributed by atoms with van der Waals surface area (Å²) < 4.78 is 38.2. The van der Waals surface area contributed by atoms with E-state index in [-0.39, 0.29) is 30.5 Å². The van der Waals surface area contributed by atoms with E-state index in [9.17, 15) is 13.2 Å². The second-order valence-corrected chi connectivity index (χ2v) is 7.17. The molecule has 0 spiro atoms. The molecule has 2 heterocycles. The van der Waals surface area contributed by atoms with E-state index in [2.05, 4.69) is 20.6 Å². The minimum Gasteiger partial charge on any atom is -0.356 e. The Bertz CT molecular complexity index is 672. The molecule has 0 fully saturated rings. The Morgan fingerprint density at radius 1 is 1.33 bits per heavy atom. The van der Waals surface area contributed by atoms with Crippen LogP contribution in [-0.4, -0.2) is 24.5 Å². The molecule has 2 aromatic heterocycles. The molecule has 0 bridgehead atoms. The van der Waals surface area contributed by atoms with E-state index in [1.54, 1.807) is 7.05 Å². The first-order valence-electron chi connectivity index (χ1n) is 6.59. The Kier molecular flexibility index (Phi) is 8.74. The number of thiophene rings is 1. The monoisotopic (exact) mass is 510 g/mol. The molecule has 0 aliphatic heterocycles. The molecule has 2 N–H and O–H groups in total. The highest BCUT2D eigenvalue weighted by Crippen LogP contribution is 2.29. The SMILES string of the molecule is CN=C(NCCc1ccc(Cl)s1)NCc1nc(C(F)(F)F)cs1.I. The Hall–Kier alpha value is -0.590. The number of alkyl halides is 3. The van der Waals surface area contributed by atoms with Crippen molar-refractivity contribution in [2.24, 2.45) is 4.99 Å². The van der Waals surface area contributed by atoms with E-state index in [0.717, 1.165) is 32.4 Å². The maximum absolute atomic E-state index is 12.5. The van der Waals surface area contributed by atoms with Gasteiger partial charge in [0, 0.05) is 23.8 Å². The van der Waals surface area contributed by atoms with Crippen LogP contribution in [0.1, 0.15) is 15.6 Å². The number of guanidine groups is 1. The molecule has 0 amide bonds. The van der Waals surface area contributed by atoms with Gasteiger partial charge >= 0.3 is 6.18 Å². The Morgan fingerprint density at radius 3 is 2.62 bits per heavy atom. The highest BCUT2D eigenvalue weighted by molar-refractivity contribution is 14.0. The molecule has 2 aromatic rings. The number of rotatable bonds is 5. The van der Waals surface area contributed by atoms with E-state index >= 15 is 0 Å². The molecule has 0 radical (unpaired) electrons. The van der Waals surface area contributed by atoms with Gasteiger partial charge in [-0.05, 0) is 18.6 Å². The summed E-state index contributed by atoms with van der Waals surface area (Å²) >= 11 is 8.33. The molecule has 0 atom stereocenters. The van der Waals surface area contributed by atoms with Crippen molar-refractivity contribution in [2.45, 2.75) is 19.1 Å². The summed E-state index contributed by atoms with van der Waals surface area (Å²) in [6, 6.07) is 3.80. The van der Waals surface area contributed by atoms with Crippen LogP contribution in [0.15, 0.2) is 22.5 Å². The zero-order valence-corrected chi connectivity index (χ0v) is 17.2. The third kappa shape index (κ3) is 6.73. The van der Waals surface area contributed by atoms with E-state index in [1.807, 2.05) is 12.1 Å². The Labute approximate surface area is 167 Å². The van der Waals surface area contributed by atoms with Crippen molar-refractivity contribution < 1.29 is 13.2 Å². The van der Waals surface area contributed by atoms with Crippen LogP contribution in [0.3, 0.4) is 0 Å². The summed E-state index contributed by atoms with van der Waals surface area (Å²) in [6.45, 7) is 0.827. The fourth-order valence-corrected chi connectivity index (χ4v) is 3.52. The molecule has 0 aliphatic rings. The lowest BCUT2D eigenvalue weighted by Gasteiger charge is -2.10. The van der Waals surface area contributed by atoms with Crippen molar-refractivity contribution in [2.75, 3.05) is 13.6 Å². The van der Waals surface area contributed by atoms with Crippen LogP contribution in [0.5, 0.6) is 0 Å². The summed E-state index contributed by atoms with van der Waals surface area (Å²) in [4.78, 5) is 8.72. The highest BCUT2D eigenvalue weighted by Gasteiger charge is 2.33. The normalized spacial score (nSPS) is 12.0. The smallest absolute Gasteiger partial charge is 0.356 e. The molecule has 24 heavy (non-hydrogen) atoms. The first-order chi connectivity index (χ1) is 10.9. The van der Waals surface area contributed by atoms with Gasteiger partial charge in [0.05, 0.1) is 10.9 Å². The van der Waals surface area contributed by atoms with Crippen LogP contribution in [0.2, 0.25) is 4.34 Å². The summed E-state index contributed by atoms with van der Waals surface area (Å²) in [5, 5.41) is 7.39. The lowest BCUT2D eigenvalue weighted by atomic mass is 10.3. The number of hydrogen-bond donors (Lipinski definition) is 2. The van der Waals surface area contributed by atoms with Gasteiger partial charge in [0.1, 0.15) is 5.01 Å². The van der Waals surface area contributed by atoms with Crippen molar-refractivity contribution in [1.29, 1.82) is 0 Å². The van der Waals surface area contributed by atoms with Gasteiger partial charge < -0.3 is 10.6 Å². The van der Waals surface area contributed by atoms with Gasteiger partial charge in [0.2, 0.25) is 0 Å². The fourth-order valence-electron chi connectivity index (χ4n) is 1.69. The van der Waals surface area contributed by atoms with Crippen molar-refractivity contribution >= 4 is 64.2 Å². The lowest BCUT2D eigenvalue weighted by molar-refractivity contribution is -0.140. The second kappa shape index (κ2) is 9.78. The molecule has 134 valence electrons. The molecule has 2 rings (SSSR count). The molecule has 0 unspecified atom stereocenters. The summed E-state index contributed by atoms with van der Waals surface area (Å²) in [7, 11) is 1.60. The number of aliphatic imine (C=N–C) groups is 1. The quantitative estimate of drug-likeness (QED) is 0.356. The van der Waals surface area contributed by atoms with Crippen LogP contribution < -0.4 is 10.6 Å². The van der Waals surface area contributed by atoms with Gasteiger partial charge in [-0.1, -0.05) is 11.6 Å². The molecule has 0 saturated carbocycles. The molecule has 0 saturated heterocycles. The minimum atomic E-state index is -4.41. The lowest BCUT2D eigenvalue weighted by Crippen LogP contribution is -2.37. The zero-order chi connectivity index (χ0) is 16.9. The predicted octanol–water partition coefficient (Wildman–Crippen LogP) is 4.40. The molecule has 0 aromatic carbocycles. The van der Waals surface area contributed by atoms with E-state index in [0.29, 0.717) is 17.5 Å². The zero-order valence-electron chi connectivity index (χ0n) is 12.5. The summed E-state index contributed by atoms with van der Waals surface area (Å²) in [5.41, 5.74) is -0.864. The standard InChI is InChI=1S/C13H14ClF3N4S2.HI/c1-18-12(19-5-4-8-2-3-10(14)23-8)20-6-11-21-9(7-22-11)13(15,16)17;/h2-3,7H,4-6H2,1H3,(H2,18,19,20);1H. The van der Waals surface area contributed by atoms with E-state index in [4.69, 9.17) is 11.6 Å². The van der Waals surface area contributed by atoms with Crippen molar-refractivity contribution in [3.05, 3.63) is 37.4 Å². The van der Waals surface area contributed by atoms with Crippen LogP contribution in [0.4, 0.5) is 13.2 Å². The van der Waals surface area contributed by atoms with Crippen molar-refractivity contribution in [1.82, 2.24) is 15.6 Å². The highest BCUT2D eigenvalue weighted by atomic mass is 127. The maximum atomic E-state index is 12.5. The largest absolute Gasteiger partial charge is 0.434 e. The molecule has 0 aliphatic carbocycles. The fraction of sp³-hybridized carbons (Fsp3) is 0.385. The number of thiazole rings is 1. The second-order valence-electron chi connectivity index (χ2n) is 4.43. The van der Waals surface area contributed by atoms with E-state index in [1.165, 1.54) is 11.3 Å². The van der Waals surface area contributed by atoms with Gasteiger partial charge in [-0.25, -0.2) is 4.98 Å². The summed E-state index contributed by atoms with van der Waals surface area (Å²) in [5.74, 6) is 0.511. The summed E-state index contributed by atoms with van der Waals surface area (Å²) in [6.07, 6.45) is -3.62. The third-order valence-corrected chi connectivity index (χ3v) is 4.91. The predicted molar refractivity (Wildman–Crippen MR) is 104 cm³/mol. The number of aromatic nitrogens is 1. The van der Waals surface area contributed by atoms with Crippen molar-refractivity contribution in [3.63, 3.8) is 0 Å².